The molecular weight excluding hydrogens is 342 g/mol. The van der Waals surface area contributed by atoms with E-state index in [4.69, 9.17) is 10.5 Å². The van der Waals surface area contributed by atoms with E-state index in [9.17, 15) is 9.59 Å². The van der Waals surface area contributed by atoms with Gasteiger partial charge < -0.3 is 20.3 Å². The first-order valence-electron chi connectivity index (χ1n) is 10.0. The minimum Gasteiger partial charge on any atom is -0.497 e. The van der Waals surface area contributed by atoms with E-state index in [0.29, 0.717) is 45.1 Å². The molecule has 3 rings (SSSR count). The van der Waals surface area contributed by atoms with Gasteiger partial charge in [0.2, 0.25) is 11.8 Å². The van der Waals surface area contributed by atoms with Crippen LogP contribution in [0.25, 0.3) is 0 Å². The van der Waals surface area contributed by atoms with Gasteiger partial charge in [0.1, 0.15) is 5.75 Å². The fourth-order valence-electron chi connectivity index (χ4n) is 4.26. The maximum Gasteiger partial charge on any atom is 0.226 e. The Morgan fingerprint density at radius 1 is 1.07 bits per heavy atom. The standard InChI is InChI=1S/C21H31N3O3/c1-27-18-8-5-16(6-9-18)7-10-20(25)23-11-13-24(14-12-23)21(26)19-4-2-3-17(19)15-22/h5-6,8-9,17,19H,2-4,7,10-15,22H2,1H3/t17-,19-/m1/s1. The number of nitrogens with zero attached hydrogens (tertiary/aromatic N) is 2. The molecule has 2 atom stereocenters. The van der Waals surface area contributed by atoms with E-state index in [0.717, 1.165) is 37.0 Å². The Morgan fingerprint density at radius 3 is 2.37 bits per heavy atom. The molecule has 2 N–H and O–H groups in total. The molecule has 1 aromatic carbocycles. The van der Waals surface area contributed by atoms with Crippen molar-refractivity contribution in [2.24, 2.45) is 17.6 Å². The Kier molecular flexibility index (Phi) is 6.72. The van der Waals surface area contributed by atoms with E-state index < -0.39 is 0 Å². The fraction of sp³-hybridized carbons (Fsp3) is 0.619. The SMILES string of the molecule is COc1ccc(CCC(=O)N2CCN(C(=O)[C@@H]3CCC[C@@H]3CN)CC2)cc1. The highest BCUT2D eigenvalue weighted by Gasteiger charge is 2.36. The molecule has 1 aliphatic carbocycles. The van der Waals surface area contributed by atoms with Crippen molar-refractivity contribution in [3.63, 3.8) is 0 Å². The molecule has 0 spiro atoms. The monoisotopic (exact) mass is 373 g/mol. The van der Waals surface area contributed by atoms with E-state index in [1.165, 1.54) is 0 Å². The van der Waals surface area contributed by atoms with Gasteiger partial charge in [-0.25, -0.2) is 0 Å². The number of hydrogen-bond donors (Lipinski definition) is 1. The number of ether oxygens (including phenoxy) is 1. The summed E-state index contributed by atoms with van der Waals surface area (Å²) in [7, 11) is 1.64. The van der Waals surface area contributed by atoms with Gasteiger partial charge in [-0.1, -0.05) is 18.6 Å². The first-order valence-corrected chi connectivity index (χ1v) is 10.0. The third-order valence-corrected chi connectivity index (χ3v) is 6.01. The molecule has 1 heterocycles. The van der Waals surface area contributed by atoms with E-state index in [1.807, 2.05) is 34.1 Å². The summed E-state index contributed by atoms with van der Waals surface area (Å²) >= 11 is 0. The number of carbonyl (C=O) groups excluding carboxylic acids is 2. The second-order valence-electron chi connectivity index (χ2n) is 7.59. The number of methoxy groups -OCH3 is 1. The first kappa shape index (κ1) is 19.7. The van der Waals surface area contributed by atoms with Crippen LogP contribution in [0, 0.1) is 11.8 Å². The summed E-state index contributed by atoms with van der Waals surface area (Å²) < 4.78 is 5.16. The zero-order valence-corrected chi connectivity index (χ0v) is 16.2. The average Bonchev–Trinajstić information content (AvgIpc) is 3.20. The normalized spacial score (nSPS) is 22.7. The molecule has 6 heteroatoms. The fourth-order valence-corrected chi connectivity index (χ4v) is 4.26. The van der Waals surface area contributed by atoms with Crippen molar-refractivity contribution in [2.45, 2.75) is 32.1 Å². The van der Waals surface area contributed by atoms with Crippen LogP contribution in [-0.4, -0.2) is 61.4 Å². The van der Waals surface area contributed by atoms with Gasteiger partial charge in [-0.2, -0.15) is 0 Å². The molecule has 27 heavy (non-hydrogen) atoms. The van der Waals surface area contributed by atoms with Crippen LogP contribution < -0.4 is 10.5 Å². The van der Waals surface area contributed by atoms with Crippen molar-refractivity contribution in [2.75, 3.05) is 39.8 Å². The zero-order valence-electron chi connectivity index (χ0n) is 16.2. The average molecular weight is 373 g/mol. The Bertz CT molecular complexity index is 639. The van der Waals surface area contributed by atoms with Crippen LogP contribution in [0.5, 0.6) is 5.75 Å². The van der Waals surface area contributed by atoms with Gasteiger partial charge in [0.05, 0.1) is 7.11 Å². The zero-order chi connectivity index (χ0) is 19.2. The van der Waals surface area contributed by atoms with Gasteiger partial charge >= 0.3 is 0 Å². The van der Waals surface area contributed by atoms with Crippen molar-refractivity contribution in [1.29, 1.82) is 0 Å². The quantitative estimate of drug-likeness (QED) is 0.823. The summed E-state index contributed by atoms with van der Waals surface area (Å²) in [6.45, 7) is 3.14. The summed E-state index contributed by atoms with van der Waals surface area (Å²) in [4.78, 5) is 29.1. The van der Waals surface area contributed by atoms with Crippen molar-refractivity contribution in [1.82, 2.24) is 9.80 Å². The molecule has 0 bridgehead atoms. The Balaban J connectivity index is 1.44. The van der Waals surface area contributed by atoms with Gasteiger partial charge in [-0.15, -0.1) is 0 Å². The number of hydrogen-bond acceptors (Lipinski definition) is 4. The molecule has 1 saturated heterocycles. The van der Waals surface area contributed by atoms with Crippen LogP contribution in [0.4, 0.5) is 0 Å². The number of rotatable bonds is 6. The van der Waals surface area contributed by atoms with Crippen LogP contribution in [0.1, 0.15) is 31.2 Å². The highest BCUT2D eigenvalue weighted by molar-refractivity contribution is 5.80. The Morgan fingerprint density at radius 2 is 1.74 bits per heavy atom. The lowest BCUT2D eigenvalue weighted by Gasteiger charge is -2.36. The van der Waals surface area contributed by atoms with Gasteiger partial charge in [-0.3, -0.25) is 9.59 Å². The van der Waals surface area contributed by atoms with Crippen molar-refractivity contribution in [3.05, 3.63) is 29.8 Å². The van der Waals surface area contributed by atoms with E-state index in [2.05, 4.69) is 0 Å². The molecule has 0 aromatic heterocycles. The summed E-state index contributed by atoms with van der Waals surface area (Å²) in [5.41, 5.74) is 6.95. The molecule has 0 unspecified atom stereocenters. The van der Waals surface area contributed by atoms with Crippen LogP contribution in [-0.2, 0) is 16.0 Å². The van der Waals surface area contributed by atoms with Gasteiger partial charge in [0.15, 0.2) is 0 Å². The van der Waals surface area contributed by atoms with Crippen LogP contribution in [0.15, 0.2) is 24.3 Å². The topological polar surface area (TPSA) is 75.9 Å². The molecule has 6 nitrogen and oxygen atoms in total. The Hall–Kier alpha value is -2.08. The predicted molar refractivity (Wildman–Crippen MR) is 104 cm³/mol. The minimum atomic E-state index is 0.0901. The van der Waals surface area contributed by atoms with Crippen molar-refractivity contribution >= 4 is 11.8 Å². The van der Waals surface area contributed by atoms with Gasteiger partial charge in [-0.05, 0) is 49.4 Å². The smallest absolute Gasteiger partial charge is 0.226 e. The number of carbonyl (C=O) groups is 2. The summed E-state index contributed by atoms with van der Waals surface area (Å²) in [5.74, 6) is 1.66. The summed E-state index contributed by atoms with van der Waals surface area (Å²) in [5, 5.41) is 0. The first-order chi connectivity index (χ1) is 13.1. The minimum absolute atomic E-state index is 0.0901. The lowest BCUT2D eigenvalue weighted by Crippen LogP contribution is -2.52. The van der Waals surface area contributed by atoms with E-state index >= 15 is 0 Å². The van der Waals surface area contributed by atoms with Crippen molar-refractivity contribution < 1.29 is 14.3 Å². The lowest BCUT2D eigenvalue weighted by atomic mass is 9.94. The molecule has 1 aliphatic heterocycles. The van der Waals surface area contributed by atoms with Crippen LogP contribution in [0.3, 0.4) is 0 Å². The van der Waals surface area contributed by atoms with E-state index in [-0.39, 0.29) is 17.7 Å². The lowest BCUT2D eigenvalue weighted by molar-refractivity contribution is -0.142. The number of amides is 2. The Labute approximate surface area is 161 Å². The van der Waals surface area contributed by atoms with Gasteiger partial charge in [0.25, 0.3) is 0 Å². The number of nitrogens with two attached hydrogens (primary N) is 1. The number of piperazine rings is 1. The van der Waals surface area contributed by atoms with E-state index in [1.54, 1.807) is 7.11 Å². The number of aryl methyl sites for hydroxylation is 1. The third kappa shape index (κ3) is 4.80. The second kappa shape index (κ2) is 9.22. The molecular formula is C21H31N3O3. The maximum absolute atomic E-state index is 12.8. The molecule has 1 aromatic rings. The van der Waals surface area contributed by atoms with Gasteiger partial charge in [0, 0.05) is 38.5 Å². The predicted octanol–water partition coefficient (Wildman–Crippen LogP) is 1.67. The van der Waals surface area contributed by atoms with Crippen molar-refractivity contribution in [3.8, 4) is 5.75 Å². The molecule has 2 fully saturated rings. The third-order valence-electron chi connectivity index (χ3n) is 6.01. The second-order valence-corrected chi connectivity index (χ2v) is 7.59. The molecule has 2 aliphatic rings. The molecule has 2 amide bonds. The molecule has 148 valence electrons. The largest absolute Gasteiger partial charge is 0.497 e. The maximum atomic E-state index is 12.8. The highest BCUT2D eigenvalue weighted by Crippen LogP contribution is 2.32. The van der Waals surface area contributed by atoms with Crippen LogP contribution in [0.2, 0.25) is 0 Å². The number of benzene rings is 1. The summed E-state index contributed by atoms with van der Waals surface area (Å²) in [6, 6.07) is 7.83. The molecule has 0 radical (unpaired) electrons. The van der Waals surface area contributed by atoms with Crippen LogP contribution >= 0.6 is 0 Å². The summed E-state index contributed by atoms with van der Waals surface area (Å²) in [6.07, 6.45) is 4.35. The highest BCUT2D eigenvalue weighted by atomic mass is 16.5. The molecule has 1 saturated carbocycles.